The molecule has 0 aliphatic rings. The highest BCUT2D eigenvalue weighted by Crippen LogP contribution is 2.53. The van der Waals surface area contributed by atoms with Crippen molar-refractivity contribution in [1.29, 1.82) is 0 Å². The highest BCUT2D eigenvalue weighted by Gasteiger charge is 2.51. The Kier molecular flexibility index (Phi) is 9.48. The monoisotopic (exact) mass is 570 g/mol. The van der Waals surface area contributed by atoms with Gasteiger partial charge in [0.25, 0.3) is 0 Å². The van der Waals surface area contributed by atoms with Crippen LogP contribution >= 0.6 is 0 Å². The smallest absolute Gasteiger partial charge is 0.0110 e. The maximum absolute atomic E-state index is 2.34. The normalized spacial score (nSPS) is 11.7. The molecule has 6 rings (SSSR count). The Morgan fingerprint density at radius 3 is 0.477 bits per heavy atom. The van der Waals surface area contributed by atoms with Gasteiger partial charge in [-0.1, -0.05) is 182 Å². The van der Waals surface area contributed by atoms with E-state index in [2.05, 4.69) is 182 Å². The van der Waals surface area contributed by atoms with Gasteiger partial charge in [0.15, 0.2) is 0 Å². The van der Waals surface area contributed by atoms with Crippen LogP contribution in [0.15, 0.2) is 182 Å². The predicted molar refractivity (Wildman–Crippen MR) is 186 cm³/mol. The van der Waals surface area contributed by atoms with Gasteiger partial charge in [-0.05, 0) is 82.7 Å². The molecule has 0 aromatic heterocycles. The zero-order valence-electron chi connectivity index (χ0n) is 25.6. The molecule has 6 aromatic rings. The van der Waals surface area contributed by atoms with Crippen LogP contribution < -0.4 is 0 Å². The van der Waals surface area contributed by atoms with Crippen molar-refractivity contribution >= 4 is 0 Å². The predicted octanol–water partition coefficient (Wildman–Crippen LogP) is 10.4. The van der Waals surface area contributed by atoms with Gasteiger partial charge in [-0.3, -0.25) is 0 Å². The second kappa shape index (κ2) is 14.2. The van der Waals surface area contributed by atoms with Crippen molar-refractivity contribution in [2.75, 3.05) is 0 Å². The molecule has 44 heavy (non-hydrogen) atoms. The van der Waals surface area contributed by atoms with Gasteiger partial charge in [0.1, 0.15) is 0 Å². The Balaban J connectivity index is 1.64. The van der Waals surface area contributed by atoms with Gasteiger partial charge in [0.2, 0.25) is 0 Å². The summed E-state index contributed by atoms with van der Waals surface area (Å²) in [5.41, 5.74) is 8.18. The SMILES string of the molecule is c1ccc(CC(Cc2ccccc2)(Cc2ccccc2)C(Cc2ccccc2)(Cc2ccccc2)Cc2ccccc2)cc1. The highest BCUT2D eigenvalue weighted by atomic mass is 14.5. The molecule has 0 unspecified atom stereocenters. The van der Waals surface area contributed by atoms with Crippen molar-refractivity contribution in [1.82, 2.24) is 0 Å². The summed E-state index contributed by atoms with van der Waals surface area (Å²) in [6.07, 6.45) is 5.94. The van der Waals surface area contributed by atoms with E-state index in [1.54, 1.807) is 0 Å². The third-order valence-corrected chi connectivity index (χ3v) is 9.44. The van der Waals surface area contributed by atoms with Crippen LogP contribution in [0.3, 0.4) is 0 Å². The second-order valence-electron chi connectivity index (χ2n) is 12.5. The summed E-state index contributed by atoms with van der Waals surface area (Å²) >= 11 is 0. The Hall–Kier alpha value is -4.68. The average molecular weight is 571 g/mol. The summed E-state index contributed by atoms with van der Waals surface area (Å²) in [6.45, 7) is 0. The molecular formula is C44H42. The molecule has 0 aliphatic carbocycles. The number of hydrogen-bond donors (Lipinski definition) is 0. The first-order chi connectivity index (χ1) is 21.7. The van der Waals surface area contributed by atoms with E-state index in [4.69, 9.17) is 0 Å². The fourth-order valence-corrected chi connectivity index (χ4v) is 7.42. The van der Waals surface area contributed by atoms with Gasteiger partial charge in [-0.2, -0.15) is 0 Å². The molecule has 0 fully saturated rings. The quantitative estimate of drug-likeness (QED) is 0.130. The van der Waals surface area contributed by atoms with Gasteiger partial charge >= 0.3 is 0 Å². The fourth-order valence-electron chi connectivity index (χ4n) is 7.42. The maximum atomic E-state index is 2.34. The van der Waals surface area contributed by atoms with E-state index >= 15 is 0 Å². The summed E-state index contributed by atoms with van der Waals surface area (Å²) in [7, 11) is 0. The largest absolute Gasteiger partial charge is 0.0622 e. The van der Waals surface area contributed by atoms with E-state index in [0.717, 1.165) is 38.5 Å². The van der Waals surface area contributed by atoms with E-state index in [1.807, 2.05) is 0 Å². The third-order valence-electron chi connectivity index (χ3n) is 9.44. The minimum atomic E-state index is -0.113. The van der Waals surface area contributed by atoms with Crippen LogP contribution in [0.25, 0.3) is 0 Å². The lowest BCUT2D eigenvalue weighted by atomic mass is 9.50. The van der Waals surface area contributed by atoms with Crippen LogP contribution in [-0.4, -0.2) is 0 Å². The van der Waals surface area contributed by atoms with Gasteiger partial charge in [0, 0.05) is 0 Å². The molecule has 0 radical (unpaired) electrons. The summed E-state index contributed by atoms with van der Waals surface area (Å²) < 4.78 is 0. The topological polar surface area (TPSA) is 0 Å². The number of rotatable bonds is 13. The summed E-state index contributed by atoms with van der Waals surface area (Å²) in [5, 5.41) is 0. The molecule has 0 spiro atoms. The summed E-state index contributed by atoms with van der Waals surface area (Å²) in [6, 6.07) is 67.4. The molecule has 0 atom stereocenters. The van der Waals surface area contributed by atoms with E-state index in [1.165, 1.54) is 33.4 Å². The van der Waals surface area contributed by atoms with E-state index in [0.29, 0.717) is 0 Å². The van der Waals surface area contributed by atoms with Crippen molar-refractivity contribution in [3.63, 3.8) is 0 Å². The van der Waals surface area contributed by atoms with Crippen LogP contribution in [0.2, 0.25) is 0 Å². The minimum Gasteiger partial charge on any atom is -0.0622 e. The molecule has 0 aliphatic heterocycles. The Morgan fingerprint density at radius 1 is 0.205 bits per heavy atom. The second-order valence-corrected chi connectivity index (χ2v) is 12.5. The van der Waals surface area contributed by atoms with E-state index in [9.17, 15) is 0 Å². The molecule has 0 saturated heterocycles. The Morgan fingerprint density at radius 2 is 0.341 bits per heavy atom. The van der Waals surface area contributed by atoms with Crippen molar-refractivity contribution < 1.29 is 0 Å². The molecule has 0 saturated carbocycles. The first-order valence-corrected chi connectivity index (χ1v) is 16.0. The van der Waals surface area contributed by atoms with Gasteiger partial charge in [0.05, 0.1) is 0 Å². The first-order valence-electron chi connectivity index (χ1n) is 16.0. The van der Waals surface area contributed by atoms with E-state index in [-0.39, 0.29) is 10.8 Å². The van der Waals surface area contributed by atoms with Crippen molar-refractivity contribution in [2.24, 2.45) is 10.8 Å². The van der Waals surface area contributed by atoms with Gasteiger partial charge in [-0.15, -0.1) is 0 Å². The molecule has 0 N–H and O–H groups in total. The molecular weight excluding hydrogens is 528 g/mol. The number of hydrogen-bond acceptors (Lipinski definition) is 0. The minimum absolute atomic E-state index is 0.113. The molecule has 0 amide bonds. The summed E-state index contributed by atoms with van der Waals surface area (Å²) in [4.78, 5) is 0. The standard InChI is InChI=1S/C44H42/c1-7-19-37(20-8-1)31-43(32-38-21-9-2-10-22-38,33-39-23-11-3-12-24-39)44(34-40-25-13-4-14-26-40,35-41-27-15-5-16-28-41)36-42-29-17-6-18-30-42/h1-30H,31-36H2. The van der Waals surface area contributed by atoms with Crippen molar-refractivity contribution in [3.8, 4) is 0 Å². The highest BCUT2D eigenvalue weighted by molar-refractivity contribution is 5.33. The van der Waals surface area contributed by atoms with Crippen LogP contribution in [0.4, 0.5) is 0 Å². The van der Waals surface area contributed by atoms with Gasteiger partial charge in [-0.25, -0.2) is 0 Å². The summed E-state index contributed by atoms with van der Waals surface area (Å²) in [5.74, 6) is 0. The molecule has 0 nitrogen and oxygen atoms in total. The van der Waals surface area contributed by atoms with Crippen LogP contribution in [0, 0.1) is 10.8 Å². The molecule has 218 valence electrons. The fraction of sp³-hybridized carbons (Fsp3) is 0.182. The van der Waals surface area contributed by atoms with E-state index < -0.39 is 0 Å². The van der Waals surface area contributed by atoms with Crippen molar-refractivity contribution in [3.05, 3.63) is 215 Å². The van der Waals surface area contributed by atoms with Crippen molar-refractivity contribution in [2.45, 2.75) is 38.5 Å². The number of benzene rings is 6. The average Bonchev–Trinajstić information content (AvgIpc) is 3.07. The Bertz CT molecular complexity index is 1330. The zero-order valence-corrected chi connectivity index (χ0v) is 25.6. The van der Waals surface area contributed by atoms with Gasteiger partial charge < -0.3 is 0 Å². The lowest BCUT2D eigenvalue weighted by molar-refractivity contribution is 0.0283. The molecule has 6 aromatic carbocycles. The molecule has 0 bridgehead atoms. The zero-order chi connectivity index (χ0) is 29.9. The molecule has 0 heterocycles. The molecule has 0 heteroatoms. The van der Waals surface area contributed by atoms with Crippen LogP contribution in [0.1, 0.15) is 33.4 Å². The maximum Gasteiger partial charge on any atom is -0.0110 e. The first kappa shape index (κ1) is 29.4. The Labute approximate surface area is 264 Å². The lowest BCUT2D eigenvalue weighted by Crippen LogP contribution is -2.51. The van der Waals surface area contributed by atoms with Crippen LogP contribution in [-0.2, 0) is 38.5 Å². The van der Waals surface area contributed by atoms with Crippen LogP contribution in [0.5, 0.6) is 0 Å². The third kappa shape index (κ3) is 7.26. The lowest BCUT2D eigenvalue weighted by Gasteiger charge is -2.53.